The van der Waals surface area contributed by atoms with Crippen LogP contribution in [0.15, 0.2) is 61.2 Å². The van der Waals surface area contributed by atoms with Crippen LogP contribution in [-0.2, 0) is 4.79 Å². The number of anilines is 2. The van der Waals surface area contributed by atoms with Gasteiger partial charge in [0.25, 0.3) is 5.91 Å². The molecule has 1 heterocycles. The number of nitrogens with one attached hydrogen (secondary N) is 2. The normalized spacial score (nSPS) is 12.1. The highest BCUT2D eigenvalue weighted by molar-refractivity contribution is 6.04. The summed E-state index contributed by atoms with van der Waals surface area (Å²) in [6.07, 6.45) is -2.03. The minimum Gasteiger partial charge on any atom is -0.406 e. The molecule has 2 amide bonds. The Labute approximate surface area is 168 Å². The Morgan fingerprint density at radius 3 is 2.13 bits per heavy atom. The molecule has 0 aliphatic rings. The number of ether oxygens (including phenoxy) is 1. The highest BCUT2D eigenvalue weighted by Gasteiger charge is 2.31. The molecule has 30 heavy (non-hydrogen) atoms. The van der Waals surface area contributed by atoms with Crippen molar-refractivity contribution in [2.24, 2.45) is 0 Å². The number of alkyl halides is 3. The van der Waals surface area contributed by atoms with Crippen LogP contribution in [0.3, 0.4) is 0 Å². The van der Waals surface area contributed by atoms with E-state index in [1.807, 2.05) is 0 Å². The molecule has 0 aliphatic heterocycles. The van der Waals surface area contributed by atoms with E-state index in [4.69, 9.17) is 0 Å². The van der Waals surface area contributed by atoms with Gasteiger partial charge in [0.15, 0.2) is 0 Å². The molecule has 0 fully saturated rings. The van der Waals surface area contributed by atoms with Crippen LogP contribution < -0.4 is 15.4 Å². The molecule has 1 aromatic heterocycles. The maximum absolute atomic E-state index is 12.2. The predicted molar refractivity (Wildman–Crippen MR) is 101 cm³/mol. The van der Waals surface area contributed by atoms with Gasteiger partial charge in [0.2, 0.25) is 5.91 Å². The standard InChI is InChI=1S/C19H16F3N5O3/c1-12(27-11-23-10-24-27)17(28)25-14-4-6-15(7-5-14)26-18(29)13-2-8-16(9-3-13)30-19(20,21)22/h2-12H,1H3,(H,25,28)(H,26,29). The molecule has 0 saturated heterocycles. The first kappa shape index (κ1) is 20.8. The number of carbonyl (C=O) groups is 2. The van der Waals surface area contributed by atoms with Crippen LogP contribution in [0.5, 0.6) is 5.75 Å². The van der Waals surface area contributed by atoms with E-state index < -0.39 is 24.1 Å². The van der Waals surface area contributed by atoms with Gasteiger partial charge in [-0.1, -0.05) is 0 Å². The maximum atomic E-state index is 12.2. The average Bonchev–Trinajstić information content (AvgIpc) is 3.23. The van der Waals surface area contributed by atoms with Crippen LogP contribution in [0, 0.1) is 0 Å². The fraction of sp³-hybridized carbons (Fsp3) is 0.158. The van der Waals surface area contributed by atoms with E-state index >= 15 is 0 Å². The van der Waals surface area contributed by atoms with Gasteiger partial charge in [-0.05, 0) is 55.5 Å². The largest absolute Gasteiger partial charge is 0.573 e. The molecule has 3 aromatic rings. The number of rotatable bonds is 6. The Kier molecular flexibility index (Phi) is 6.00. The molecule has 3 rings (SSSR count). The molecule has 0 bridgehead atoms. The monoisotopic (exact) mass is 419 g/mol. The van der Waals surface area contributed by atoms with Gasteiger partial charge in [0.1, 0.15) is 24.4 Å². The van der Waals surface area contributed by atoms with Crippen molar-refractivity contribution >= 4 is 23.2 Å². The van der Waals surface area contributed by atoms with E-state index in [-0.39, 0.29) is 11.5 Å². The van der Waals surface area contributed by atoms with Crippen LogP contribution in [0.25, 0.3) is 0 Å². The second-order valence-electron chi connectivity index (χ2n) is 6.14. The quantitative estimate of drug-likeness (QED) is 0.636. The van der Waals surface area contributed by atoms with Crippen molar-refractivity contribution in [3.8, 4) is 5.75 Å². The number of carbonyl (C=O) groups excluding carboxylic acids is 2. The zero-order chi connectivity index (χ0) is 21.7. The van der Waals surface area contributed by atoms with Gasteiger partial charge in [0, 0.05) is 16.9 Å². The lowest BCUT2D eigenvalue weighted by atomic mass is 10.2. The second kappa shape index (κ2) is 8.64. The maximum Gasteiger partial charge on any atom is 0.573 e. The highest BCUT2D eigenvalue weighted by atomic mass is 19.4. The molecule has 1 unspecified atom stereocenters. The number of benzene rings is 2. The summed E-state index contributed by atoms with van der Waals surface area (Å²) >= 11 is 0. The SMILES string of the molecule is CC(C(=O)Nc1ccc(NC(=O)c2ccc(OC(F)(F)F)cc2)cc1)n1cncn1. The van der Waals surface area contributed by atoms with E-state index in [0.717, 1.165) is 12.1 Å². The molecule has 0 saturated carbocycles. The molecule has 2 aromatic carbocycles. The Balaban J connectivity index is 1.57. The van der Waals surface area contributed by atoms with Gasteiger partial charge in [-0.2, -0.15) is 5.10 Å². The summed E-state index contributed by atoms with van der Waals surface area (Å²) in [6, 6.07) is 10.3. The van der Waals surface area contributed by atoms with Gasteiger partial charge in [-0.15, -0.1) is 13.2 Å². The zero-order valence-electron chi connectivity index (χ0n) is 15.6. The molecular formula is C19H16F3N5O3. The Hall–Kier alpha value is -3.89. The summed E-state index contributed by atoms with van der Waals surface area (Å²) in [6.45, 7) is 1.67. The zero-order valence-corrected chi connectivity index (χ0v) is 15.6. The molecule has 2 N–H and O–H groups in total. The lowest BCUT2D eigenvalue weighted by molar-refractivity contribution is -0.274. The molecular weight excluding hydrogens is 403 g/mol. The second-order valence-corrected chi connectivity index (χ2v) is 6.14. The Bertz CT molecular complexity index is 1000. The summed E-state index contributed by atoms with van der Waals surface area (Å²) in [5, 5.41) is 9.25. The van der Waals surface area contributed by atoms with Crippen molar-refractivity contribution < 1.29 is 27.5 Å². The molecule has 0 spiro atoms. The molecule has 156 valence electrons. The van der Waals surface area contributed by atoms with E-state index in [1.54, 1.807) is 31.2 Å². The molecule has 0 radical (unpaired) electrons. The van der Waals surface area contributed by atoms with E-state index in [1.165, 1.54) is 29.5 Å². The number of aromatic nitrogens is 3. The van der Waals surface area contributed by atoms with Gasteiger partial charge in [0.05, 0.1) is 0 Å². The lowest BCUT2D eigenvalue weighted by Gasteiger charge is -2.13. The minimum absolute atomic E-state index is 0.156. The van der Waals surface area contributed by atoms with Crippen LogP contribution in [-0.4, -0.2) is 32.9 Å². The summed E-state index contributed by atoms with van der Waals surface area (Å²) in [7, 11) is 0. The van der Waals surface area contributed by atoms with Gasteiger partial charge < -0.3 is 15.4 Å². The first-order chi connectivity index (χ1) is 14.2. The average molecular weight is 419 g/mol. The summed E-state index contributed by atoms with van der Waals surface area (Å²) in [5.41, 5.74) is 1.11. The first-order valence-corrected chi connectivity index (χ1v) is 8.63. The first-order valence-electron chi connectivity index (χ1n) is 8.63. The third kappa shape index (κ3) is 5.56. The fourth-order valence-electron chi connectivity index (χ4n) is 2.43. The molecule has 1 atom stereocenters. The molecule has 0 aliphatic carbocycles. The number of hydrogen-bond donors (Lipinski definition) is 2. The topological polar surface area (TPSA) is 98.1 Å². The van der Waals surface area contributed by atoms with Crippen LogP contribution in [0.4, 0.5) is 24.5 Å². The van der Waals surface area contributed by atoms with Crippen molar-refractivity contribution in [2.75, 3.05) is 10.6 Å². The summed E-state index contributed by atoms with van der Waals surface area (Å²) in [4.78, 5) is 28.2. The highest BCUT2D eigenvalue weighted by Crippen LogP contribution is 2.23. The minimum atomic E-state index is -4.80. The molecule has 8 nitrogen and oxygen atoms in total. The van der Waals surface area contributed by atoms with Crippen molar-refractivity contribution in [2.45, 2.75) is 19.3 Å². The number of nitrogens with zero attached hydrogens (tertiary/aromatic N) is 3. The number of halogens is 3. The third-order valence-corrected chi connectivity index (χ3v) is 3.97. The summed E-state index contributed by atoms with van der Waals surface area (Å²) < 4.78 is 41.7. The van der Waals surface area contributed by atoms with Crippen molar-refractivity contribution in [1.29, 1.82) is 0 Å². The Morgan fingerprint density at radius 1 is 1.00 bits per heavy atom. The lowest BCUT2D eigenvalue weighted by Crippen LogP contribution is -2.24. The van der Waals surface area contributed by atoms with Crippen LogP contribution in [0.2, 0.25) is 0 Å². The van der Waals surface area contributed by atoms with Gasteiger partial charge in [-0.3, -0.25) is 9.59 Å². The number of amides is 2. The smallest absolute Gasteiger partial charge is 0.406 e. The predicted octanol–water partition coefficient (Wildman–Crippen LogP) is 3.63. The van der Waals surface area contributed by atoms with Gasteiger partial charge >= 0.3 is 6.36 Å². The van der Waals surface area contributed by atoms with E-state index in [0.29, 0.717) is 11.4 Å². The molecule has 11 heteroatoms. The summed E-state index contributed by atoms with van der Waals surface area (Å²) in [5.74, 6) is -1.22. The van der Waals surface area contributed by atoms with Crippen molar-refractivity contribution in [3.05, 3.63) is 66.7 Å². The van der Waals surface area contributed by atoms with E-state index in [9.17, 15) is 22.8 Å². The Morgan fingerprint density at radius 2 is 1.60 bits per heavy atom. The van der Waals surface area contributed by atoms with Gasteiger partial charge in [-0.25, -0.2) is 9.67 Å². The van der Waals surface area contributed by atoms with Crippen molar-refractivity contribution in [3.63, 3.8) is 0 Å². The van der Waals surface area contributed by atoms with Crippen LogP contribution >= 0.6 is 0 Å². The third-order valence-electron chi connectivity index (χ3n) is 3.97. The van der Waals surface area contributed by atoms with E-state index in [2.05, 4.69) is 25.5 Å². The number of hydrogen-bond acceptors (Lipinski definition) is 5. The fourth-order valence-corrected chi connectivity index (χ4v) is 2.43. The van der Waals surface area contributed by atoms with Crippen LogP contribution in [0.1, 0.15) is 23.3 Å². The van der Waals surface area contributed by atoms with Crippen molar-refractivity contribution in [1.82, 2.24) is 14.8 Å².